The third-order valence-corrected chi connectivity index (χ3v) is 6.09. The molecule has 5 nitrogen and oxygen atoms in total. The van der Waals surface area contributed by atoms with Crippen LogP contribution in [0.15, 0.2) is 58.5 Å². The molecule has 3 rings (SSSR count). The molecule has 1 heterocycles. The van der Waals surface area contributed by atoms with Crippen LogP contribution in [0.4, 0.5) is 0 Å². The molecular formula is C24H29N3O2S. The van der Waals surface area contributed by atoms with Crippen molar-refractivity contribution in [3.8, 4) is 0 Å². The highest BCUT2D eigenvalue weighted by Gasteiger charge is 2.16. The summed E-state index contributed by atoms with van der Waals surface area (Å²) in [5.41, 5.74) is 2.93. The zero-order chi connectivity index (χ0) is 21.5. The highest BCUT2D eigenvalue weighted by Crippen LogP contribution is 2.20. The number of rotatable bonds is 9. The van der Waals surface area contributed by atoms with Gasteiger partial charge in [-0.3, -0.25) is 14.2 Å². The number of hydrogen-bond acceptors (Lipinski definition) is 4. The maximum absolute atomic E-state index is 12.9. The maximum Gasteiger partial charge on any atom is 0.262 e. The molecule has 0 spiro atoms. The Labute approximate surface area is 181 Å². The Hall–Kier alpha value is -2.60. The summed E-state index contributed by atoms with van der Waals surface area (Å²) in [6.45, 7) is 6.81. The van der Waals surface area contributed by atoms with Gasteiger partial charge in [0.05, 0.1) is 22.7 Å². The molecule has 0 unspecified atom stereocenters. The normalized spacial score (nSPS) is 12.1. The number of aryl methyl sites for hydroxylation is 1. The number of thioether (sulfide) groups is 1. The minimum atomic E-state index is -0.0584. The zero-order valence-electron chi connectivity index (χ0n) is 17.9. The molecule has 0 radical (unpaired) electrons. The second-order valence-corrected chi connectivity index (χ2v) is 8.39. The summed E-state index contributed by atoms with van der Waals surface area (Å²) in [6, 6.07) is 15.6. The van der Waals surface area contributed by atoms with E-state index in [4.69, 9.17) is 0 Å². The molecule has 158 valence electrons. The van der Waals surface area contributed by atoms with Gasteiger partial charge in [-0.1, -0.05) is 74.0 Å². The largest absolute Gasteiger partial charge is 0.349 e. The third kappa shape index (κ3) is 5.30. The molecule has 30 heavy (non-hydrogen) atoms. The lowest BCUT2D eigenvalue weighted by molar-refractivity contribution is -0.119. The van der Waals surface area contributed by atoms with E-state index in [0.717, 1.165) is 24.8 Å². The molecule has 0 saturated heterocycles. The number of para-hydroxylation sites is 1. The molecule has 2 aromatic carbocycles. The minimum absolute atomic E-state index is 0.0226. The lowest BCUT2D eigenvalue weighted by Gasteiger charge is -2.18. The number of nitrogens with zero attached hydrogens (tertiary/aromatic N) is 2. The average Bonchev–Trinajstić information content (AvgIpc) is 2.76. The molecule has 0 saturated carbocycles. The van der Waals surface area contributed by atoms with Gasteiger partial charge in [0, 0.05) is 6.54 Å². The molecular weight excluding hydrogens is 394 g/mol. The van der Waals surface area contributed by atoms with E-state index in [-0.39, 0.29) is 23.3 Å². The van der Waals surface area contributed by atoms with E-state index in [0.29, 0.717) is 22.6 Å². The van der Waals surface area contributed by atoms with Crippen LogP contribution >= 0.6 is 11.8 Å². The molecule has 3 aromatic rings. The third-order valence-electron chi connectivity index (χ3n) is 5.12. The lowest BCUT2D eigenvalue weighted by Crippen LogP contribution is -2.30. The van der Waals surface area contributed by atoms with Crippen molar-refractivity contribution in [1.82, 2.24) is 14.9 Å². The predicted molar refractivity (Wildman–Crippen MR) is 124 cm³/mol. The quantitative estimate of drug-likeness (QED) is 0.394. The van der Waals surface area contributed by atoms with Crippen LogP contribution in [-0.4, -0.2) is 21.2 Å². The van der Waals surface area contributed by atoms with Crippen LogP contribution in [0, 0.1) is 6.92 Å². The van der Waals surface area contributed by atoms with Gasteiger partial charge >= 0.3 is 0 Å². The number of carbonyl (C=O) groups is 1. The Bertz CT molecular complexity index is 1060. The summed E-state index contributed by atoms with van der Waals surface area (Å²) in [4.78, 5) is 30.3. The highest BCUT2D eigenvalue weighted by atomic mass is 32.2. The molecule has 1 aromatic heterocycles. The number of aromatic nitrogens is 2. The van der Waals surface area contributed by atoms with Gasteiger partial charge in [-0.15, -0.1) is 0 Å². The highest BCUT2D eigenvalue weighted by molar-refractivity contribution is 7.99. The Balaban J connectivity index is 1.75. The second kappa shape index (κ2) is 10.4. The van der Waals surface area contributed by atoms with Crippen LogP contribution in [-0.2, 0) is 11.3 Å². The summed E-state index contributed by atoms with van der Waals surface area (Å²) >= 11 is 1.32. The summed E-state index contributed by atoms with van der Waals surface area (Å²) in [5.74, 6) is 0.163. The van der Waals surface area contributed by atoms with E-state index in [9.17, 15) is 9.59 Å². The molecule has 0 fully saturated rings. The number of carbonyl (C=O) groups excluding carboxylic acids is 1. The van der Waals surface area contributed by atoms with E-state index in [2.05, 4.69) is 55.3 Å². The SMILES string of the molecule is CCCCn1c(SCC(=O)N[C@H](CC)c2ccc(C)cc2)nc2ccccc2c1=O. The first-order valence-corrected chi connectivity index (χ1v) is 11.5. The standard InChI is InChI=1S/C24H29N3O2S/c1-4-6-15-27-23(29)19-9-7-8-10-21(19)26-24(27)30-16-22(28)25-20(5-2)18-13-11-17(3)12-14-18/h7-14,20H,4-6,15-16H2,1-3H3,(H,25,28)/t20-/m1/s1. The van der Waals surface area contributed by atoms with Gasteiger partial charge in [0.25, 0.3) is 5.56 Å². The number of nitrogens with one attached hydrogen (secondary N) is 1. The van der Waals surface area contributed by atoms with Gasteiger partial charge in [0.15, 0.2) is 5.16 Å². The fraction of sp³-hybridized carbons (Fsp3) is 0.375. The summed E-state index contributed by atoms with van der Waals surface area (Å²) in [6.07, 6.45) is 2.69. The lowest BCUT2D eigenvalue weighted by atomic mass is 10.0. The van der Waals surface area contributed by atoms with Crippen molar-refractivity contribution in [3.05, 3.63) is 70.0 Å². The fourth-order valence-corrected chi connectivity index (χ4v) is 4.19. The van der Waals surface area contributed by atoms with E-state index < -0.39 is 0 Å². The number of benzene rings is 2. The van der Waals surface area contributed by atoms with Crippen molar-refractivity contribution < 1.29 is 4.79 Å². The van der Waals surface area contributed by atoms with Crippen molar-refractivity contribution in [1.29, 1.82) is 0 Å². The Morgan fingerprint density at radius 1 is 1.13 bits per heavy atom. The number of unbranched alkanes of at least 4 members (excludes halogenated alkanes) is 1. The van der Waals surface area contributed by atoms with Crippen LogP contribution < -0.4 is 10.9 Å². The summed E-state index contributed by atoms with van der Waals surface area (Å²) in [5, 5.41) is 4.33. The van der Waals surface area contributed by atoms with Gasteiger partial charge in [0.2, 0.25) is 5.91 Å². The van der Waals surface area contributed by atoms with E-state index in [1.165, 1.54) is 17.3 Å². The minimum Gasteiger partial charge on any atom is -0.349 e. The predicted octanol–water partition coefficient (Wildman–Crippen LogP) is 4.86. The van der Waals surface area contributed by atoms with Crippen LogP contribution in [0.5, 0.6) is 0 Å². The summed E-state index contributed by atoms with van der Waals surface area (Å²) < 4.78 is 1.71. The van der Waals surface area contributed by atoms with Crippen molar-refractivity contribution >= 4 is 28.6 Å². The van der Waals surface area contributed by atoms with Gasteiger partial charge in [-0.2, -0.15) is 0 Å². The van der Waals surface area contributed by atoms with Crippen molar-refractivity contribution in [2.75, 3.05) is 5.75 Å². The second-order valence-electron chi connectivity index (χ2n) is 7.45. The fourth-order valence-electron chi connectivity index (χ4n) is 3.36. The van der Waals surface area contributed by atoms with E-state index in [1.54, 1.807) is 4.57 Å². The molecule has 1 atom stereocenters. The number of fused-ring (bicyclic) bond motifs is 1. The molecule has 1 amide bonds. The smallest absolute Gasteiger partial charge is 0.262 e. The van der Waals surface area contributed by atoms with E-state index >= 15 is 0 Å². The molecule has 0 aliphatic carbocycles. The van der Waals surface area contributed by atoms with Gasteiger partial charge in [-0.25, -0.2) is 4.98 Å². The van der Waals surface area contributed by atoms with Crippen molar-refractivity contribution in [3.63, 3.8) is 0 Å². The first kappa shape index (κ1) is 22.1. The van der Waals surface area contributed by atoms with Crippen LogP contribution in [0.2, 0.25) is 0 Å². The van der Waals surface area contributed by atoms with Crippen LogP contribution in [0.1, 0.15) is 50.3 Å². The molecule has 6 heteroatoms. The Morgan fingerprint density at radius 2 is 1.87 bits per heavy atom. The van der Waals surface area contributed by atoms with Gasteiger partial charge in [0.1, 0.15) is 0 Å². The first-order valence-electron chi connectivity index (χ1n) is 10.5. The maximum atomic E-state index is 12.9. The molecule has 0 bridgehead atoms. The zero-order valence-corrected chi connectivity index (χ0v) is 18.7. The van der Waals surface area contributed by atoms with Crippen molar-refractivity contribution in [2.24, 2.45) is 0 Å². The Morgan fingerprint density at radius 3 is 2.57 bits per heavy atom. The molecule has 0 aliphatic heterocycles. The molecule has 1 N–H and O–H groups in total. The number of hydrogen-bond donors (Lipinski definition) is 1. The number of amides is 1. The van der Waals surface area contributed by atoms with Crippen molar-refractivity contribution in [2.45, 2.75) is 57.8 Å². The topological polar surface area (TPSA) is 64.0 Å². The van der Waals surface area contributed by atoms with Crippen LogP contribution in [0.25, 0.3) is 10.9 Å². The van der Waals surface area contributed by atoms with Crippen LogP contribution in [0.3, 0.4) is 0 Å². The Kier molecular flexibility index (Phi) is 7.69. The summed E-state index contributed by atoms with van der Waals surface area (Å²) in [7, 11) is 0. The monoisotopic (exact) mass is 423 g/mol. The molecule has 0 aliphatic rings. The van der Waals surface area contributed by atoms with E-state index in [1.807, 2.05) is 24.3 Å². The van der Waals surface area contributed by atoms with Gasteiger partial charge in [-0.05, 0) is 37.5 Å². The first-order chi connectivity index (χ1) is 14.5. The van der Waals surface area contributed by atoms with Gasteiger partial charge < -0.3 is 5.32 Å². The average molecular weight is 424 g/mol.